The predicted octanol–water partition coefficient (Wildman–Crippen LogP) is 4.26. The Bertz CT molecular complexity index is 1210. The summed E-state index contributed by atoms with van der Waals surface area (Å²) in [5.41, 5.74) is 3.22. The van der Waals surface area contributed by atoms with Gasteiger partial charge in [-0.1, -0.05) is 11.6 Å². The molecule has 2 fully saturated rings. The molecule has 3 aromatic rings. The highest BCUT2D eigenvalue weighted by Gasteiger charge is 2.31. The van der Waals surface area contributed by atoms with Crippen LogP contribution in [0.25, 0.3) is 21.3 Å². The number of likely N-dealkylation sites (tertiary alicyclic amines) is 1. The number of amides is 2. The molecule has 2 aromatic heterocycles. The average molecular weight is 474 g/mol. The molecule has 32 heavy (non-hydrogen) atoms. The number of ether oxygens (including phenoxy) is 1. The second-order valence-corrected chi connectivity index (χ2v) is 9.66. The zero-order chi connectivity index (χ0) is 22.4. The number of aryl methyl sites for hydroxylation is 1. The highest BCUT2D eigenvalue weighted by molar-refractivity contribution is 7.19. The van der Waals surface area contributed by atoms with Crippen molar-refractivity contribution in [2.24, 2.45) is 0 Å². The number of nitrogens with zero attached hydrogens (tertiary/aromatic N) is 2. The summed E-state index contributed by atoms with van der Waals surface area (Å²) in [7, 11) is 0. The number of pyridine rings is 1. The van der Waals surface area contributed by atoms with Crippen LogP contribution in [0.3, 0.4) is 0 Å². The van der Waals surface area contributed by atoms with E-state index in [4.69, 9.17) is 16.3 Å². The van der Waals surface area contributed by atoms with Crippen LogP contribution in [0.2, 0.25) is 5.02 Å². The molecule has 2 amide bonds. The normalized spacial score (nSPS) is 21.2. The summed E-state index contributed by atoms with van der Waals surface area (Å²) in [6, 6.07) is 7.41. The van der Waals surface area contributed by atoms with Crippen molar-refractivity contribution >= 4 is 45.0 Å². The Morgan fingerprint density at radius 3 is 2.72 bits per heavy atom. The Kier molecular flexibility index (Phi) is 5.61. The van der Waals surface area contributed by atoms with Gasteiger partial charge in [0.15, 0.2) is 6.17 Å². The monoisotopic (exact) mass is 473 g/mol. The quantitative estimate of drug-likeness (QED) is 0.560. The van der Waals surface area contributed by atoms with Crippen LogP contribution in [0.15, 0.2) is 30.5 Å². The van der Waals surface area contributed by atoms with Crippen molar-refractivity contribution in [2.45, 2.75) is 38.6 Å². The highest BCUT2D eigenvalue weighted by Crippen LogP contribution is 2.42. The molecule has 0 radical (unpaired) electrons. The van der Waals surface area contributed by atoms with Crippen molar-refractivity contribution in [3.05, 3.63) is 45.9 Å². The molecular weight excluding hydrogens is 453 g/mol. The molecule has 6 nitrogen and oxygen atoms in total. The van der Waals surface area contributed by atoms with E-state index >= 15 is 0 Å². The van der Waals surface area contributed by atoms with E-state index in [2.05, 4.69) is 10.3 Å². The minimum Gasteiger partial charge on any atom is -0.485 e. The lowest BCUT2D eigenvalue weighted by Gasteiger charge is -2.20. The van der Waals surface area contributed by atoms with Crippen LogP contribution < -0.4 is 10.1 Å². The Labute approximate surface area is 193 Å². The van der Waals surface area contributed by atoms with Gasteiger partial charge in [-0.05, 0) is 36.8 Å². The van der Waals surface area contributed by atoms with Gasteiger partial charge >= 0.3 is 0 Å². The molecule has 0 aliphatic carbocycles. The van der Waals surface area contributed by atoms with Gasteiger partial charge in [-0.25, -0.2) is 4.39 Å². The van der Waals surface area contributed by atoms with Gasteiger partial charge in [0.25, 0.3) is 0 Å². The number of rotatable bonds is 5. The van der Waals surface area contributed by atoms with Crippen molar-refractivity contribution in [1.29, 1.82) is 0 Å². The van der Waals surface area contributed by atoms with Crippen LogP contribution in [0.5, 0.6) is 5.75 Å². The molecule has 0 saturated carbocycles. The number of carbonyl (C=O) groups is 2. The van der Waals surface area contributed by atoms with Gasteiger partial charge in [-0.3, -0.25) is 19.5 Å². The van der Waals surface area contributed by atoms with Crippen LogP contribution in [-0.4, -0.2) is 47.1 Å². The molecule has 2 atom stereocenters. The van der Waals surface area contributed by atoms with Gasteiger partial charge in [-0.15, -0.1) is 11.3 Å². The lowest BCUT2D eigenvalue weighted by molar-refractivity contribution is -0.138. The number of aromatic nitrogens is 1. The maximum atomic E-state index is 14.3. The van der Waals surface area contributed by atoms with Crippen LogP contribution in [0.1, 0.15) is 23.3 Å². The van der Waals surface area contributed by atoms with E-state index in [1.54, 1.807) is 12.3 Å². The van der Waals surface area contributed by atoms with E-state index in [1.165, 1.54) is 16.2 Å². The molecule has 166 valence electrons. The summed E-state index contributed by atoms with van der Waals surface area (Å²) >= 11 is 7.86. The predicted molar refractivity (Wildman–Crippen MR) is 122 cm³/mol. The Morgan fingerprint density at radius 2 is 2.00 bits per heavy atom. The molecule has 5 rings (SSSR count). The van der Waals surface area contributed by atoms with Crippen molar-refractivity contribution in [3.63, 3.8) is 0 Å². The summed E-state index contributed by atoms with van der Waals surface area (Å²) in [6.07, 6.45) is 0.578. The van der Waals surface area contributed by atoms with Crippen LogP contribution in [-0.2, 0) is 16.1 Å². The van der Waals surface area contributed by atoms with Gasteiger partial charge in [0.1, 0.15) is 11.9 Å². The number of benzene rings is 1. The fourth-order valence-electron chi connectivity index (χ4n) is 4.21. The molecule has 0 spiro atoms. The number of hydrogen-bond acceptors (Lipinski definition) is 6. The fourth-order valence-corrected chi connectivity index (χ4v) is 5.61. The number of hydrogen-bond donors (Lipinski definition) is 1. The SMILES string of the molecule is Cc1cc(Cl)cc(-c2ccnc3cc(CN4C(=O)CCC4=O)sc23)c1O[C@@H]1CNC[C@H]1F. The van der Waals surface area contributed by atoms with Crippen molar-refractivity contribution in [2.75, 3.05) is 13.1 Å². The summed E-state index contributed by atoms with van der Waals surface area (Å²) < 4.78 is 21.3. The van der Waals surface area contributed by atoms with Gasteiger partial charge in [0, 0.05) is 53.2 Å². The smallest absolute Gasteiger partial charge is 0.230 e. The minimum atomic E-state index is -1.08. The highest BCUT2D eigenvalue weighted by atomic mass is 35.5. The van der Waals surface area contributed by atoms with E-state index in [9.17, 15) is 14.0 Å². The Morgan fingerprint density at radius 1 is 1.22 bits per heavy atom. The first kappa shape index (κ1) is 21.3. The maximum absolute atomic E-state index is 14.3. The first-order chi connectivity index (χ1) is 15.4. The molecule has 1 aromatic carbocycles. The third kappa shape index (κ3) is 3.87. The third-order valence-electron chi connectivity index (χ3n) is 5.82. The number of carbonyl (C=O) groups excluding carboxylic acids is 2. The van der Waals surface area contributed by atoms with E-state index in [0.717, 1.165) is 31.8 Å². The fraction of sp³-hybridized carbons (Fsp3) is 0.348. The number of alkyl halides is 1. The molecule has 0 unspecified atom stereocenters. The maximum Gasteiger partial charge on any atom is 0.230 e. The molecule has 1 N–H and O–H groups in total. The van der Waals surface area contributed by atoms with E-state index in [1.807, 2.05) is 25.1 Å². The molecule has 2 saturated heterocycles. The van der Waals surface area contributed by atoms with Crippen LogP contribution in [0.4, 0.5) is 4.39 Å². The van der Waals surface area contributed by atoms with E-state index < -0.39 is 12.3 Å². The Hall–Kier alpha value is -2.55. The largest absolute Gasteiger partial charge is 0.485 e. The molecule has 4 heterocycles. The van der Waals surface area contributed by atoms with E-state index in [0.29, 0.717) is 17.3 Å². The van der Waals surface area contributed by atoms with Crippen LogP contribution >= 0.6 is 22.9 Å². The van der Waals surface area contributed by atoms with Gasteiger partial charge in [-0.2, -0.15) is 0 Å². The second kappa shape index (κ2) is 8.42. The van der Waals surface area contributed by atoms with Gasteiger partial charge in [0.2, 0.25) is 11.8 Å². The summed E-state index contributed by atoms with van der Waals surface area (Å²) in [6.45, 7) is 2.85. The first-order valence-corrected chi connectivity index (χ1v) is 11.6. The van der Waals surface area contributed by atoms with Crippen molar-refractivity contribution in [3.8, 4) is 16.9 Å². The molecule has 2 aliphatic rings. The Balaban J connectivity index is 1.56. The summed E-state index contributed by atoms with van der Waals surface area (Å²) in [5.74, 6) is 0.304. The summed E-state index contributed by atoms with van der Waals surface area (Å²) in [5, 5.41) is 3.57. The average Bonchev–Trinajstić information content (AvgIpc) is 3.44. The summed E-state index contributed by atoms with van der Waals surface area (Å²) in [4.78, 5) is 30.7. The first-order valence-electron chi connectivity index (χ1n) is 10.4. The van der Waals surface area contributed by atoms with E-state index in [-0.39, 0.29) is 37.7 Å². The number of fused-ring (bicyclic) bond motifs is 1. The van der Waals surface area contributed by atoms with Crippen molar-refractivity contribution in [1.82, 2.24) is 15.2 Å². The third-order valence-corrected chi connectivity index (χ3v) is 7.18. The zero-order valence-corrected chi connectivity index (χ0v) is 18.9. The molecule has 9 heteroatoms. The van der Waals surface area contributed by atoms with Crippen LogP contribution in [0, 0.1) is 6.92 Å². The number of nitrogens with one attached hydrogen (secondary N) is 1. The number of thiophene rings is 1. The lowest BCUT2D eigenvalue weighted by atomic mass is 10.0. The van der Waals surface area contributed by atoms with Gasteiger partial charge < -0.3 is 10.1 Å². The van der Waals surface area contributed by atoms with Gasteiger partial charge in [0.05, 0.1) is 16.8 Å². The minimum absolute atomic E-state index is 0.146. The molecule has 2 aliphatic heterocycles. The second-order valence-electron chi connectivity index (χ2n) is 8.09. The van der Waals surface area contributed by atoms with Crippen molar-refractivity contribution < 1.29 is 18.7 Å². The molecular formula is C23H21ClFN3O3S. The standard InChI is InChI=1S/C23H21ClFN3O3S/c1-12-6-13(24)7-16(22(12)31-19-10-26-9-17(19)25)15-4-5-27-18-8-14(32-23(15)18)11-28-20(29)2-3-21(28)30/h4-8,17,19,26H,2-3,9-11H2,1H3/t17-,19-/m1/s1. The lowest BCUT2D eigenvalue weighted by Crippen LogP contribution is -2.27. The zero-order valence-electron chi connectivity index (χ0n) is 17.4. The number of halogens is 2. The molecule has 0 bridgehead atoms. The number of imide groups is 1. The topological polar surface area (TPSA) is 71.5 Å².